The number of anilines is 1. The van der Waals surface area contributed by atoms with E-state index in [1.54, 1.807) is 11.8 Å². The highest BCUT2D eigenvalue weighted by molar-refractivity contribution is 8.14. The van der Waals surface area contributed by atoms with Gasteiger partial charge >= 0.3 is 0 Å². The zero-order valence-electron chi connectivity index (χ0n) is 14.5. The number of amidine groups is 1. The number of nitrogens with zero attached hydrogens (tertiary/aromatic N) is 2. The number of sulfone groups is 1. The fourth-order valence-electron chi connectivity index (χ4n) is 3.61. The highest BCUT2D eigenvalue weighted by atomic mass is 32.2. The van der Waals surface area contributed by atoms with Crippen LogP contribution < -0.4 is 4.90 Å². The fraction of sp³-hybridized carbons (Fsp3) is 0.350. The summed E-state index contributed by atoms with van der Waals surface area (Å²) in [6, 6.07) is 20.3. The van der Waals surface area contributed by atoms with Crippen LogP contribution in [0, 0.1) is 0 Å². The molecule has 0 aromatic heterocycles. The van der Waals surface area contributed by atoms with E-state index in [0.717, 1.165) is 29.4 Å². The molecule has 4 rings (SSSR count). The zero-order chi connectivity index (χ0) is 18.0. The van der Waals surface area contributed by atoms with Gasteiger partial charge in [-0.05, 0) is 30.5 Å². The van der Waals surface area contributed by atoms with Crippen LogP contribution in [0.3, 0.4) is 0 Å². The number of benzene rings is 2. The van der Waals surface area contributed by atoms with E-state index in [-0.39, 0.29) is 23.6 Å². The largest absolute Gasteiger partial charge is 0.315 e. The van der Waals surface area contributed by atoms with Gasteiger partial charge in [0.25, 0.3) is 0 Å². The van der Waals surface area contributed by atoms with E-state index in [1.165, 1.54) is 5.56 Å². The number of aryl methyl sites for hydroxylation is 1. The average Bonchev–Trinajstić information content (AvgIpc) is 3.11. The lowest BCUT2D eigenvalue weighted by atomic mass is 10.1. The van der Waals surface area contributed by atoms with Gasteiger partial charge in [0.15, 0.2) is 15.0 Å². The quantitative estimate of drug-likeness (QED) is 0.739. The van der Waals surface area contributed by atoms with Gasteiger partial charge in [-0.3, -0.25) is 4.99 Å². The molecule has 136 valence electrons. The van der Waals surface area contributed by atoms with Crippen molar-refractivity contribution in [2.45, 2.75) is 24.9 Å². The summed E-state index contributed by atoms with van der Waals surface area (Å²) in [4.78, 5) is 6.92. The molecule has 1 fully saturated rings. The van der Waals surface area contributed by atoms with Gasteiger partial charge in [-0.2, -0.15) is 0 Å². The number of hydrogen-bond donors (Lipinski definition) is 0. The molecule has 2 aliphatic rings. The van der Waals surface area contributed by atoms with Crippen molar-refractivity contribution in [3.05, 3.63) is 66.2 Å². The summed E-state index contributed by atoms with van der Waals surface area (Å²) in [7, 11) is -2.99. The van der Waals surface area contributed by atoms with Crippen molar-refractivity contribution in [2.24, 2.45) is 4.99 Å². The molecule has 0 aliphatic carbocycles. The molecule has 2 aromatic carbocycles. The first-order valence-corrected chi connectivity index (χ1v) is 11.7. The Balaban J connectivity index is 1.45. The molecule has 26 heavy (non-hydrogen) atoms. The van der Waals surface area contributed by atoms with Gasteiger partial charge in [-0.25, -0.2) is 8.42 Å². The molecule has 0 saturated carbocycles. The average molecular weight is 387 g/mol. The van der Waals surface area contributed by atoms with Crippen molar-refractivity contribution >= 4 is 32.5 Å². The molecular formula is C20H22N2O2S2. The van der Waals surface area contributed by atoms with E-state index in [4.69, 9.17) is 4.99 Å². The molecule has 0 unspecified atom stereocenters. The van der Waals surface area contributed by atoms with Gasteiger partial charge in [-0.15, -0.1) is 0 Å². The van der Waals surface area contributed by atoms with Crippen molar-refractivity contribution in [3.8, 4) is 0 Å². The Hall–Kier alpha value is -1.79. The molecule has 0 amide bonds. The Labute approximate surface area is 159 Å². The second-order valence-corrected chi connectivity index (χ2v) is 9.98. The summed E-state index contributed by atoms with van der Waals surface area (Å²) < 4.78 is 24.1. The number of para-hydroxylation sites is 1. The van der Waals surface area contributed by atoms with Crippen LogP contribution >= 0.6 is 11.8 Å². The molecule has 6 heteroatoms. The highest BCUT2D eigenvalue weighted by Crippen LogP contribution is 2.35. The Morgan fingerprint density at radius 3 is 2.42 bits per heavy atom. The predicted octanol–water partition coefficient (Wildman–Crippen LogP) is 3.39. The van der Waals surface area contributed by atoms with Gasteiger partial charge in [0.1, 0.15) is 0 Å². The summed E-state index contributed by atoms with van der Waals surface area (Å²) in [5.74, 6) is 1.35. The Kier molecular flexibility index (Phi) is 5.05. The molecule has 2 atom stereocenters. The zero-order valence-corrected chi connectivity index (χ0v) is 16.1. The SMILES string of the molecule is O=S1(=O)C[C@@H]2[C@@H](C1)N=C(SCCCc1ccccc1)N2c1ccccc1. The third-order valence-electron chi connectivity index (χ3n) is 4.83. The topological polar surface area (TPSA) is 49.7 Å². The van der Waals surface area contributed by atoms with E-state index in [0.29, 0.717) is 0 Å². The molecule has 0 bridgehead atoms. The summed E-state index contributed by atoms with van der Waals surface area (Å²) in [5, 5.41) is 0.967. The molecule has 0 N–H and O–H groups in total. The number of fused-ring (bicyclic) bond motifs is 1. The van der Waals surface area contributed by atoms with Gasteiger partial charge in [-0.1, -0.05) is 60.3 Å². The molecule has 0 spiro atoms. The number of hydrogen-bond acceptors (Lipinski definition) is 5. The first-order chi connectivity index (χ1) is 12.6. The second-order valence-electron chi connectivity index (χ2n) is 6.77. The number of rotatable bonds is 5. The minimum absolute atomic E-state index is 0.0565. The molecule has 2 aromatic rings. The van der Waals surface area contributed by atoms with Gasteiger partial charge in [0.2, 0.25) is 0 Å². The first kappa shape index (κ1) is 17.6. The number of aliphatic imine (C=N–C) groups is 1. The Morgan fingerprint density at radius 2 is 1.69 bits per heavy atom. The maximum Gasteiger partial charge on any atom is 0.164 e. The van der Waals surface area contributed by atoms with E-state index in [2.05, 4.69) is 29.2 Å². The fourth-order valence-corrected chi connectivity index (χ4v) is 6.51. The van der Waals surface area contributed by atoms with Crippen LogP contribution in [-0.2, 0) is 16.3 Å². The summed E-state index contributed by atoms with van der Waals surface area (Å²) in [6.07, 6.45) is 2.12. The van der Waals surface area contributed by atoms with Crippen molar-refractivity contribution in [1.29, 1.82) is 0 Å². The predicted molar refractivity (Wildman–Crippen MR) is 110 cm³/mol. The highest BCUT2D eigenvalue weighted by Gasteiger charge is 2.46. The smallest absolute Gasteiger partial charge is 0.164 e. The van der Waals surface area contributed by atoms with Gasteiger partial charge in [0.05, 0.1) is 23.6 Å². The van der Waals surface area contributed by atoms with Crippen LogP contribution in [0.5, 0.6) is 0 Å². The molecule has 2 heterocycles. The van der Waals surface area contributed by atoms with E-state index in [1.807, 2.05) is 36.4 Å². The minimum atomic E-state index is -2.99. The lowest BCUT2D eigenvalue weighted by molar-refractivity contribution is 0.601. The molecule has 0 radical (unpaired) electrons. The maximum absolute atomic E-state index is 12.0. The van der Waals surface area contributed by atoms with E-state index >= 15 is 0 Å². The van der Waals surface area contributed by atoms with E-state index in [9.17, 15) is 8.42 Å². The summed E-state index contributed by atoms with van der Waals surface area (Å²) >= 11 is 1.74. The van der Waals surface area contributed by atoms with Crippen LogP contribution in [0.1, 0.15) is 12.0 Å². The maximum atomic E-state index is 12.0. The summed E-state index contributed by atoms with van der Waals surface area (Å²) in [5.41, 5.74) is 2.38. The second kappa shape index (κ2) is 7.45. The third-order valence-corrected chi connectivity index (χ3v) is 7.58. The Bertz CT molecular complexity index is 883. The van der Waals surface area contributed by atoms with Crippen molar-refractivity contribution in [3.63, 3.8) is 0 Å². The van der Waals surface area contributed by atoms with Crippen LogP contribution in [0.2, 0.25) is 0 Å². The van der Waals surface area contributed by atoms with Crippen molar-refractivity contribution < 1.29 is 8.42 Å². The lowest BCUT2D eigenvalue weighted by Crippen LogP contribution is -2.39. The molecule has 2 aliphatic heterocycles. The molecule has 4 nitrogen and oxygen atoms in total. The third kappa shape index (κ3) is 3.81. The standard InChI is InChI=1S/C20H22N2O2S2/c23-26(24)14-18-19(15-26)22(17-11-5-2-6-12-17)20(21-18)25-13-7-10-16-8-3-1-4-9-16/h1-6,8-9,11-12,18-19H,7,10,13-15H2/t18-,19-/m1/s1. The van der Waals surface area contributed by atoms with Crippen LogP contribution in [0.15, 0.2) is 65.7 Å². The van der Waals surface area contributed by atoms with Crippen molar-refractivity contribution in [2.75, 3.05) is 22.2 Å². The lowest BCUT2D eigenvalue weighted by Gasteiger charge is -2.26. The minimum Gasteiger partial charge on any atom is -0.315 e. The Morgan fingerprint density at radius 1 is 1.00 bits per heavy atom. The van der Waals surface area contributed by atoms with Gasteiger partial charge in [0, 0.05) is 11.4 Å². The first-order valence-electron chi connectivity index (χ1n) is 8.92. The van der Waals surface area contributed by atoms with E-state index < -0.39 is 9.84 Å². The van der Waals surface area contributed by atoms with Gasteiger partial charge < -0.3 is 4.90 Å². The number of thioether (sulfide) groups is 1. The summed E-state index contributed by atoms with van der Waals surface area (Å²) in [6.45, 7) is 0. The van der Waals surface area contributed by atoms with Crippen LogP contribution in [0.25, 0.3) is 0 Å². The molecular weight excluding hydrogens is 364 g/mol. The molecule has 1 saturated heterocycles. The van der Waals surface area contributed by atoms with Crippen LogP contribution in [0.4, 0.5) is 5.69 Å². The monoisotopic (exact) mass is 386 g/mol. The van der Waals surface area contributed by atoms with Crippen molar-refractivity contribution in [1.82, 2.24) is 0 Å². The van der Waals surface area contributed by atoms with Crippen LogP contribution in [-0.4, -0.2) is 42.9 Å². The normalized spacial score (nSPS) is 23.7.